The Hall–Kier alpha value is -9.57. The van der Waals surface area contributed by atoms with Crippen LogP contribution in [0.15, 0.2) is 364 Å². The molecular weight excluding hydrogens is 1380 g/mol. The quantitative estimate of drug-likeness (QED) is 0.0616. The van der Waals surface area contributed by atoms with Crippen LogP contribution in [0.4, 0.5) is 25.2 Å². The van der Waals surface area contributed by atoms with Crippen LogP contribution in [-0.4, -0.2) is 9.97 Å². The van der Waals surface area contributed by atoms with Gasteiger partial charge in [-0.2, -0.15) is 0 Å². The normalized spacial score (nSPS) is 12.4. The molecule has 0 spiro atoms. The van der Waals surface area contributed by atoms with Gasteiger partial charge in [-0.05, 0) is 169 Å². The van der Waals surface area contributed by atoms with E-state index in [-0.39, 0.29) is 19.5 Å². The van der Waals surface area contributed by atoms with Gasteiger partial charge < -0.3 is 0 Å². The molecule has 15 rings (SSSR count). The van der Waals surface area contributed by atoms with E-state index in [1.54, 1.807) is 0 Å². The van der Waals surface area contributed by atoms with Crippen molar-refractivity contribution in [2.24, 2.45) is 0 Å². The van der Waals surface area contributed by atoms with Crippen LogP contribution in [0, 0.1) is 32.1 Å². The fourth-order valence-electron chi connectivity index (χ4n) is 11.6. The average Bonchev–Trinajstić information content (AvgIpc) is 1.11. The third-order valence-corrected chi connectivity index (χ3v) is 20.6. The predicted molar refractivity (Wildman–Crippen MR) is 404 cm³/mol. The summed E-state index contributed by atoms with van der Waals surface area (Å²) < 4.78 is 59.2. The van der Waals surface area contributed by atoms with Gasteiger partial charge in [0.05, 0.1) is 22.3 Å². The van der Waals surface area contributed by atoms with Crippen LogP contribution < -0.4 is 32.1 Å². The minimum absolute atomic E-state index is 0. The van der Waals surface area contributed by atoms with E-state index in [9.17, 15) is 25.2 Å². The minimum Gasteiger partial charge on any atom is -0.247 e. The molecule has 0 atom stereocenters. The molecule has 14 aromatic rings. The molecule has 5 radical (unpaired) electrons. The van der Waals surface area contributed by atoms with Crippen molar-refractivity contribution in [1.29, 1.82) is 0 Å². The molecule has 12 heteroatoms. The molecule has 0 bridgehead atoms. The summed E-state index contributed by atoms with van der Waals surface area (Å²) in [6, 6.07) is 130. The van der Waals surface area contributed by atoms with E-state index < -0.39 is 23.7 Å². The van der Waals surface area contributed by atoms with Gasteiger partial charge in [-0.1, -0.05) is 315 Å². The Balaban J connectivity index is 0.000000170. The number of halogens is 6. The molecule has 0 aliphatic heterocycles. The van der Waals surface area contributed by atoms with Gasteiger partial charge in [-0.3, -0.25) is 0 Å². The Labute approximate surface area is 591 Å². The maximum absolute atomic E-state index is 10.7. The summed E-state index contributed by atoms with van der Waals surface area (Å²) in [6.07, 6.45) is 10.0. The third kappa shape index (κ3) is 19.6. The van der Waals surface area contributed by atoms with Gasteiger partial charge in [0.2, 0.25) is 0 Å². The second-order valence-corrected chi connectivity index (χ2v) is 29.0. The summed E-state index contributed by atoms with van der Waals surface area (Å²) in [5.41, 5.74) is 20.6. The Morgan fingerprint density at radius 3 is 0.616 bits per heavy atom. The standard InChI is InChI=1S/2C41H30NP.C5H5.F6P.Ru/c2*1-6-17-31(18-7-1)34-29-37(32-19-8-2-9-20-32)41(38(30-34)33-21-10-3-11-22-33)39-27-16-28-40(42-39)43(35-23-12-4-13-24-35)36-25-14-5-15-26-36;1-2-4-5-3-1;1-7(2,3,4,5)6;/h2*1-30H;1-5H;;/q;;;-1;+2. The molecule has 1 saturated carbocycles. The summed E-state index contributed by atoms with van der Waals surface area (Å²) in [6.45, 7) is 0. The number of hydrogen-bond acceptors (Lipinski definition) is 2. The molecule has 2 heterocycles. The number of nitrogens with zero attached hydrogens (tertiary/aromatic N) is 2. The molecule has 0 unspecified atom stereocenters. The smallest absolute Gasteiger partial charge is 0.247 e. The van der Waals surface area contributed by atoms with Gasteiger partial charge in [-0.15, -0.1) is 0 Å². The van der Waals surface area contributed by atoms with E-state index in [2.05, 4.69) is 364 Å². The van der Waals surface area contributed by atoms with E-state index in [0.717, 1.165) is 33.4 Å². The molecular formula is C87H65F6N2P3Ru+. The van der Waals surface area contributed by atoms with Crippen LogP contribution in [0.25, 0.3) is 89.3 Å². The fraction of sp³-hybridized carbons (Fsp3) is 0. The first-order valence-corrected chi connectivity index (χ1v) is 36.5. The summed E-state index contributed by atoms with van der Waals surface area (Å²) >= 11 is 0. The Morgan fingerprint density at radius 2 is 0.404 bits per heavy atom. The average molecular weight is 1450 g/mol. The first kappa shape index (κ1) is 70.7. The fourth-order valence-corrected chi connectivity index (χ4v) is 16.1. The molecule has 12 aromatic carbocycles. The molecule has 0 N–H and O–H groups in total. The van der Waals surface area contributed by atoms with E-state index >= 15 is 0 Å². The summed E-state index contributed by atoms with van der Waals surface area (Å²) in [4.78, 5) is 11.0. The van der Waals surface area contributed by atoms with Crippen molar-refractivity contribution in [3.05, 3.63) is 396 Å². The second kappa shape index (κ2) is 32.4. The molecule has 487 valence electrons. The monoisotopic (exact) mass is 1450 g/mol. The van der Waals surface area contributed by atoms with Crippen molar-refractivity contribution in [1.82, 2.24) is 9.97 Å². The second-order valence-electron chi connectivity index (χ2n) is 22.8. The van der Waals surface area contributed by atoms with Gasteiger partial charge in [-0.25, -0.2) is 9.97 Å². The first-order valence-electron chi connectivity index (χ1n) is 31.8. The summed E-state index contributed by atoms with van der Waals surface area (Å²) in [5.74, 6) is 0. The Bertz CT molecular complexity index is 4330. The SMILES string of the molecule is F[P-](F)(F)(F)(F)F.[CH]1[CH][CH][CH][CH]1.[Ru+2].c1ccc(-c2cc(-c3ccccc3)c(-c3cccc(P(c4ccccc4)c4ccccc4)n3)c(-c3ccccc3)c2)cc1.c1ccc(-c2cc(-c3ccccc3)c(-c3cccc(P(c4ccccc4)c4ccccc4)n3)c(-c3ccccc3)c2)cc1. The number of hydrogen-bond donors (Lipinski definition) is 0. The van der Waals surface area contributed by atoms with Crippen molar-refractivity contribution in [2.45, 2.75) is 0 Å². The topological polar surface area (TPSA) is 25.8 Å². The Morgan fingerprint density at radius 1 is 0.212 bits per heavy atom. The molecule has 2 aromatic heterocycles. The van der Waals surface area contributed by atoms with Crippen molar-refractivity contribution in [3.8, 4) is 89.3 Å². The molecule has 2 nitrogen and oxygen atoms in total. The molecule has 1 aliphatic carbocycles. The maximum atomic E-state index is 9.87. The third-order valence-electron chi connectivity index (χ3n) is 15.9. The van der Waals surface area contributed by atoms with Crippen molar-refractivity contribution >= 4 is 55.7 Å². The van der Waals surface area contributed by atoms with Gasteiger partial charge >= 0.3 is 52.5 Å². The summed E-state index contributed by atoms with van der Waals surface area (Å²) in [7, 11) is -12.3. The zero-order valence-corrected chi connectivity index (χ0v) is 57.8. The van der Waals surface area contributed by atoms with Crippen molar-refractivity contribution in [3.63, 3.8) is 0 Å². The molecule has 0 saturated heterocycles. The van der Waals surface area contributed by atoms with E-state index in [1.807, 2.05) is 32.1 Å². The van der Waals surface area contributed by atoms with Gasteiger partial charge in [0.25, 0.3) is 0 Å². The van der Waals surface area contributed by atoms with E-state index in [0.29, 0.717) is 0 Å². The number of pyridine rings is 2. The number of benzene rings is 12. The summed E-state index contributed by atoms with van der Waals surface area (Å²) in [5, 5.41) is 5.16. The molecule has 0 amide bonds. The zero-order chi connectivity index (χ0) is 67.6. The predicted octanol–water partition coefficient (Wildman–Crippen LogP) is 23.4. The zero-order valence-electron chi connectivity index (χ0n) is 53.4. The maximum Gasteiger partial charge on any atom is 2.00 e. The molecule has 99 heavy (non-hydrogen) atoms. The molecule has 1 fully saturated rings. The number of rotatable bonds is 14. The minimum atomic E-state index is -10.7. The van der Waals surface area contributed by atoms with Gasteiger partial charge in [0.1, 0.15) is 0 Å². The van der Waals surface area contributed by atoms with Crippen LogP contribution >= 0.6 is 23.7 Å². The van der Waals surface area contributed by atoms with Crippen molar-refractivity contribution < 1.29 is 44.7 Å². The van der Waals surface area contributed by atoms with Gasteiger partial charge in [0, 0.05) is 27.0 Å². The van der Waals surface area contributed by atoms with Crippen molar-refractivity contribution in [2.75, 3.05) is 0 Å². The molecule has 1 aliphatic rings. The van der Waals surface area contributed by atoms with Crippen LogP contribution in [0.3, 0.4) is 0 Å². The van der Waals surface area contributed by atoms with Gasteiger partial charge in [0.15, 0.2) is 0 Å². The van der Waals surface area contributed by atoms with Crippen LogP contribution in [-0.2, 0) is 19.5 Å². The van der Waals surface area contributed by atoms with E-state index in [1.165, 1.54) is 88.0 Å². The van der Waals surface area contributed by atoms with Crippen LogP contribution in [0.2, 0.25) is 0 Å². The number of aromatic nitrogens is 2. The van der Waals surface area contributed by atoms with Crippen LogP contribution in [0.5, 0.6) is 0 Å². The Kier molecular flexibility index (Phi) is 23.2. The largest absolute Gasteiger partial charge is 2.00 e. The van der Waals surface area contributed by atoms with Crippen LogP contribution in [0.1, 0.15) is 0 Å². The first-order chi connectivity index (χ1) is 47.6. The van der Waals surface area contributed by atoms with E-state index in [4.69, 9.17) is 9.97 Å².